The molecule has 0 saturated carbocycles. The van der Waals surface area contributed by atoms with Crippen molar-refractivity contribution in [2.45, 2.75) is 180 Å². The molecule has 0 amide bonds. The van der Waals surface area contributed by atoms with Gasteiger partial charge in [0.15, 0.2) is 6.10 Å². The van der Waals surface area contributed by atoms with Crippen molar-refractivity contribution in [3.05, 3.63) is 48.6 Å². The SMILES string of the molecule is CC(C)CCCCCCCCCCCCCC(=O)O[C@H](COC(=O)CCC/C=C\C/C=C\C/C=C\C/C=C\CCC[C@@H](C)O)COP(=O)(O)OC[C@@H](O)COP(=O)(O)O. The van der Waals surface area contributed by atoms with Crippen LogP contribution in [0.4, 0.5) is 0 Å². The third kappa shape index (κ3) is 43.9. The molecule has 0 fully saturated rings. The van der Waals surface area contributed by atoms with Gasteiger partial charge in [0.1, 0.15) is 12.7 Å². The Balaban J connectivity index is 4.60. The summed E-state index contributed by atoms with van der Waals surface area (Å²) in [5.74, 6) is -0.339. The van der Waals surface area contributed by atoms with Gasteiger partial charge in [-0.1, -0.05) is 133 Å². The fourth-order valence-corrected chi connectivity index (χ4v) is 6.76. The molecule has 14 nitrogen and oxygen atoms in total. The first-order chi connectivity index (χ1) is 28.1. The topological polar surface area (TPSA) is 216 Å². The Labute approximate surface area is 354 Å². The van der Waals surface area contributed by atoms with E-state index in [4.69, 9.17) is 23.8 Å². The van der Waals surface area contributed by atoms with Crippen LogP contribution in [0.25, 0.3) is 0 Å². The number of hydrogen-bond acceptors (Lipinski definition) is 11. The van der Waals surface area contributed by atoms with Gasteiger partial charge in [-0.3, -0.25) is 23.2 Å². The summed E-state index contributed by atoms with van der Waals surface area (Å²) >= 11 is 0. The van der Waals surface area contributed by atoms with E-state index >= 15 is 0 Å². The molecule has 0 aromatic rings. The largest absolute Gasteiger partial charge is 0.472 e. The van der Waals surface area contributed by atoms with E-state index in [1.54, 1.807) is 6.92 Å². The molecule has 16 heteroatoms. The number of hydrogen-bond donors (Lipinski definition) is 5. The van der Waals surface area contributed by atoms with E-state index in [0.717, 1.165) is 70.1 Å². The molecule has 0 spiro atoms. The number of esters is 2. The minimum atomic E-state index is -4.87. The lowest BCUT2D eigenvalue weighted by Gasteiger charge is -2.20. The number of carbonyl (C=O) groups excluding carboxylic acids is 2. The summed E-state index contributed by atoms with van der Waals surface area (Å²) in [5, 5.41) is 19.0. The highest BCUT2D eigenvalue weighted by Gasteiger charge is 2.28. The maximum atomic E-state index is 12.6. The van der Waals surface area contributed by atoms with E-state index < -0.39 is 66.2 Å². The monoisotopic (exact) mass is 880 g/mol. The van der Waals surface area contributed by atoms with Crippen molar-refractivity contribution in [1.29, 1.82) is 0 Å². The lowest BCUT2D eigenvalue weighted by atomic mass is 10.0. The molecular weight excluding hydrogens is 802 g/mol. The van der Waals surface area contributed by atoms with E-state index in [1.165, 1.54) is 44.9 Å². The molecule has 5 N–H and O–H groups in total. The molecule has 0 saturated heterocycles. The van der Waals surface area contributed by atoms with Gasteiger partial charge in [-0.2, -0.15) is 0 Å². The second-order valence-corrected chi connectivity index (χ2v) is 18.1. The summed E-state index contributed by atoms with van der Waals surface area (Å²) in [6.45, 7) is 3.54. The van der Waals surface area contributed by atoms with Gasteiger partial charge >= 0.3 is 27.6 Å². The molecular formula is C43H78O14P2. The highest BCUT2D eigenvalue weighted by Crippen LogP contribution is 2.43. The third-order valence-electron chi connectivity index (χ3n) is 8.91. The zero-order valence-electron chi connectivity index (χ0n) is 36.1. The van der Waals surface area contributed by atoms with Crippen molar-refractivity contribution in [3.63, 3.8) is 0 Å². The van der Waals surface area contributed by atoms with Crippen LogP contribution < -0.4 is 0 Å². The van der Waals surface area contributed by atoms with Crippen LogP contribution in [0.5, 0.6) is 0 Å². The molecule has 344 valence electrons. The smallest absolute Gasteiger partial charge is 0.462 e. The summed E-state index contributed by atoms with van der Waals surface area (Å²) in [6, 6.07) is 0. The van der Waals surface area contributed by atoms with Crippen LogP contribution in [0.15, 0.2) is 48.6 Å². The second kappa shape index (κ2) is 37.8. The minimum absolute atomic E-state index is 0.107. The number of unbranched alkanes of at least 4 members (excludes halogenated alkanes) is 12. The molecule has 0 bridgehead atoms. The van der Waals surface area contributed by atoms with Crippen molar-refractivity contribution in [2.75, 3.05) is 26.4 Å². The molecule has 0 aromatic heterocycles. The van der Waals surface area contributed by atoms with E-state index in [0.29, 0.717) is 19.3 Å². The Morgan fingerprint density at radius 2 is 0.983 bits per heavy atom. The van der Waals surface area contributed by atoms with Crippen LogP contribution >= 0.6 is 15.6 Å². The number of carbonyl (C=O) groups is 2. The summed E-state index contributed by atoms with van der Waals surface area (Å²) in [6.07, 6.45) is 34.0. The molecule has 0 aliphatic heterocycles. The van der Waals surface area contributed by atoms with Crippen molar-refractivity contribution in [2.24, 2.45) is 5.92 Å². The van der Waals surface area contributed by atoms with Crippen molar-refractivity contribution in [1.82, 2.24) is 0 Å². The van der Waals surface area contributed by atoms with E-state index in [1.807, 2.05) is 12.2 Å². The molecule has 4 atom stereocenters. The number of aliphatic hydroxyl groups excluding tert-OH is 2. The summed E-state index contributed by atoms with van der Waals surface area (Å²) in [7, 11) is -9.70. The van der Waals surface area contributed by atoms with Gasteiger partial charge in [0, 0.05) is 12.8 Å². The van der Waals surface area contributed by atoms with Crippen LogP contribution in [0, 0.1) is 5.92 Å². The summed E-state index contributed by atoms with van der Waals surface area (Å²) in [4.78, 5) is 52.6. The Hall–Kier alpha value is -1.96. The van der Waals surface area contributed by atoms with Gasteiger partial charge in [0.25, 0.3) is 0 Å². The van der Waals surface area contributed by atoms with Crippen molar-refractivity contribution < 1.29 is 66.7 Å². The maximum absolute atomic E-state index is 12.6. The Kier molecular flexibility index (Phi) is 36.5. The first-order valence-electron chi connectivity index (χ1n) is 21.7. The number of ether oxygens (including phenoxy) is 2. The summed E-state index contributed by atoms with van der Waals surface area (Å²) < 4.78 is 47.7. The van der Waals surface area contributed by atoms with Gasteiger partial charge in [-0.15, -0.1) is 0 Å². The predicted molar refractivity (Wildman–Crippen MR) is 231 cm³/mol. The standard InChI is InChI=1S/C43H78O14P2/c1-38(2)30-26-22-18-14-10-9-13-17-21-25-29-33-43(47)57-41(37-56-59(51,52)55-35-40(45)34-54-58(48,49)50)36-53-42(46)32-28-24-20-16-12-8-6-4-5-7-11-15-19-23-27-31-39(3)44/h5-8,15-16,19-20,38-41,44-45H,4,9-14,17-18,21-37H2,1-3H3,(H,51,52)(H2,48,49,50)/b7-5-,8-6-,19-15-,20-16-/t39-,40+,41-/m1/s1. The lowest BCUT2D eigenvalue weighted by Crippen LogP contribution is -2.30. The summed E-state index contributed by atoms with van der Waals surface area (Å²) in [5.41, 5.74) is 0. The minimum Gasteiger partial charge on any atom is -0.462 e. The van der Waals surface area contributed by atoms with Gasteiger partial charge in [0.05, 0.1) is 25.9 Å². The maximum Gasteiger partial charge on any atom is 0.472 e. The normalized spacial score (nSPS) is 15.1. The number of allylic oxidation sites excluding steroid dienone is 8. The Morgan fingerprint density at radius 3 is 1.51 bits per heavy atom. The quantitative estimate of drug-likeness (QED) is 0.0168. The number of rotatable bonds is 40. The Morgan fingerprint density at radius 1 is 0.525 bits per heavy atom. The zero-order chi connectivity index (χ0) is 44.0. The first-order valence-corrected chi connectivity index (χ1v) is 24.7. The molecule has 59 heavy (non-hydrogen) atoms. The van der Waals surface area contributed by atoms with Crippen LogP contribution in [-0.2, 0) is 41.8 Å². The van der Waals surface area contributed by atoms with Crippen LogP contribution in [0.3, 0.4) is 0 Å². The fraction of sp³-hybridized carbons (Fsp3) is 0.767. The Bertz CT molecular complexity index is 1260. The highest BCUT2D eigenvalue weighted by atomic mass is 31.2. The van der Waals surface area contributed by atoms with Gasteiger partial charge in [0.2, 0.25) is 0 Å². The van der Waals surface area contributed by atoms with Gasteiger partial charge < -0.3 is 34.4 Å². The van der Waals surface area contributed by atoms with Gasteiger partial charge in [-0.25, -0.2) is 9.13 Å². The average Bonchev–Trinajstić information content (AvgIpc) is 3.16. The molecule has 0 rings (SSSR count). The van der Waals surface area contributed by atoms with Crippen molar-refractivity contribution >= 4 is 27.6 Å². The van der Waals surface area contributed by atoms with Crippen LogP contribution in [0.2, 0.25) is 0 Å². The van der Waals surface area contributed by atoms with E-state index in [9.17, 15) is 33.8 Å². The van der Waals surface area contributed by atoms with Crippen molar-refractivity contribution in [3.8, 4) is 0 Å². The molecule has 0 aliphatic rings. The molecule has 1 unspecified atom stereocenters. The van der Waals surface area contributed by atoms with Crippen LogP contribution in [0.1, 0.15) is 162 Å². The molecule has 0 aliphatic carbocycles. The highest BCUT2D eigenvalue weighted by molar-refractivity contribution is 7.47. The first kappa shape index (κ1) is 57.0. The zero-order valence-corrected chi connectivity index (χ0v) is 37.9. The predicted octanol–water partition coefficient (Wildman–Crippen LogP) is 9.89. The number of aliphatic hydroxyl groups is 2. The second-order valence-electron chi connectivity index (χ2n) is 15.4. The molecule has 0 heterocycles. The van der Waals surface area contributed by atoms with Gasteiger partial charge in [-0.05, 0) is 70.6 Å². The average molecular weight is 881 g/mol. The fourth-order valence-electron chi connectivity index (χ4n) is 5.60. The lowest BCUT2D eigenvalue weighted by molar-refractivity contribution is -0.161. The number of phosphoric acid groups is 2. The molecule has 0 radical (unpaired) electrons. The van der Waals surface area contributed by atoms with E-state index in [-0.39, 0.29) is 18.9 Å². The third-order valence-corrected chi connectivity index (χ3v) is 10.3. The van der Waals surface area contributed by atoms with E-state index in [2.05, 4.69) is 59.4 Å². The number of phosphoric ester groups is 2. The van der Waals surface area contributed by atoms with Crippen LogP contribution in [-0.4, -0.2) is 81.6 Å². The molecule has 0 aromatic carbocycles.